The summed E-state index contributed by atoms with van der Waals surface area (Å²) in [7, 11) is 3.23. The molecule has 4 aromatic rings. The predicted octanol–water partition coefficient (Wildman–Crippen LogP) is 4.82. The van der Waals surface area contributed by atoms with Gasteiger partial charge in [0.15, 0.2) is 17.3 Å². The lowest BCUT2D eigenvalue weighted by molar-refractivity contribution is 0.355. The average Bonchev–Trinajstić information content (AvgIpc) is 3.39. The minimum atomic E-state index is 0.658. The van der Waals surface area contributed by atoms with Crippen molar-refractivity contribution in [3.8, 4) is 39.8 Å². The maximum atomic E-state index is 5.54. The molecule has 0 radical (unpaired) electrons. The van der Waals surface area contributed by atoms with Crippen molar-refractivity contribution in [2.45, 2.75) is 0 Å². The molecule has 2 aromatic carbocycles. The van der Waals surface area contributed by atoms with Gasteiger partial charge in [0, 0.05) is 35.3 Å². The molecule has 4 rings (SSSR count). The first-order valence-corrected chi connectivity index (χ1v) is 8.21. The van der Waals surface area contributed by atoms with Crippen LogP contribution in [0, 0.1) is 0 Å². The van der Waals surface area contributed by atoms with E-state index in [1.54, 1.807) is 14.2 Å². The smallest absolute Gasteiger partial charge is 0.167 e. The fourth-order valence-electron chi connectivity index (χ4n) is 2.85. The van der Waals surface area contributed by atoms with Crippen LogP contribution >= 0.6 is 0 Å². The minimum absolute atomic E-state index is 0.658. The van der Waals surface area contributed by atoms with Crippen LogP contribution in [0.1, 0.15) is 0 Å². The summed E-state index contributed by atoms with van der Waals surface area (Å²) in [5.74, 6) is 2.06. The number of hydrogen-bond acceptors (Lipinski definition) is 4. The number of ether oxygens (including phenoxy) is 2. The van der Waals surface area contributed by atoms with Crippen LogP contribution in [0.15, 0.2) is 77.6 Å². The first-order valence-electron chi connectivity index (χ1n) is 8.21. The van der Waals surface area contributed by atoms with Gasteiger partial charge in [0.2, 0.25) is 0 Å². The van der Waals surface area contributed by atoms with Crippen LogP contribution in [0.3, 0.4) is 0 Å². The topological polar surface area (TPSA) is 49.4 Å². The molecule has 0 aliphatic carbocycles. The summed E-state index contributed by atoms with van der Waals surface area (Å²) in [6, 6.07) is 19.7. The molecule has 0 atom stereocenters. The highest BCUT2D eigenvalue weighted by atomic mass is 16.5. The number of hydrogen-bond donors (Lipinski definition) is 0. The van der Waals surface area contributed by atoms with Gasteiger partial charge in [-0.15, -0.1) is 0 Å². The van der Waals surface area contributed by atoms with E-state index in [-0.39, 0.29) is 0 Å². The summed E-state index contributed by atoms with van der Waals surface area (Å²) < 4.78 is 18.2. The lowest BCUT2D eigenvalue weighted by atomic mass is 10.1. The fourth-order valence-corrected chi connectivity index (χ4v) is 2.85. The second kappa shape index (κ2) is 6.80. The zero-order valence-corrected chi connectivity index (χ0v) is 14.5. The van der Waals surface area contributed by atoms with Crippen molar-refractivity contribution in [2.75, 3.05) is 14.2 Å². The first-order chi connectivity index (χ1) is 12.8. The Bertz CT molecular complexity index is 1000. The number of methoxy groups -OCH3 is 2. The van der Waals surface area contributed by atoms with Crippen molar-refractivity contribution in [2.24, 2.45) is 0 Å². The molecule has 130 valence electrons. The van der Waals surface area contributed by atoms with Crippen LogP contribution in [-0.2, 0) is 0 Å². The van der Waals surface area contributed by atoms with Gasteiger partial charge in [-0.1, -0.05) is 5.16 Å². The summed E-state index contributed by atoms with van der Waals surface area (Å²) in [6.45, 7) is 0. The number of benzene rings is 2. The molecule has 0 fully saturated rings. The molecule has 5 nitrogen and oxygen atoms in total. The SMILES string of the molecule is COc1ccc(-c2cc(-c3ccc(-n4cccc4)cc3)on2)cc1OC. The van der Waals surface area contributed by atoms with Gasteiger partial charge in [0.25, 0.3) is 0 Å². The zero-order chi connectivity index (χ0) is 17.9. The third-order valence-electron chi connectivity index (χ3n) is 4.24. The van der Waals surface area contributed by atoms with Gasteiger partial charge >= 0.3 is 0 Å². The van der Waals surface area contributed by atoms with Crippen LogP contribution in [0.4, 0.5) is 0 Å². The van der Waals surface area contributed by atoms with Crippen LogP contribution in [0.2, 0.25) is 0 Å². The Labute approximate surface area is 151 Å². The molecule has 0 amide bonds. The monoisotopic (exact) mass is 346 g/mol. The Morgan fingerprint density at radius 3 is 2.19 bits per heavy atom. The highest BCUT2D eigenvalue weighted by Crippen LogP contribution is 2.33. The van der Waals surface area contributed by atoms with Gasteiger partial charge < -0.3 is 18.6 Å². The number of rotatable bonds is 5. The third-order valence-corrected chi connectivity index (χ3v) is 4.24. The van der Waals surface area contributed by atoms with Crippen molar-refractivity contribution in [3.05, 3.63) is 73.1 Å². The van der Waals surface area contributed by atoms with E-state index >= 15 is 0 Å². The molecule has 5 heteroatoms. The van der Waals surface area contributed by atoms with Gasteiger partial charge in [-0.05, 0) is 54.6 Å². The molecule has 26 heavy (non-hydrogen) atoms. The lowest BCUT2D eigenvalue weighted by Crippen LogP contribution is -1.90. The molecule has 0 saturated heterocycles. The molecular formula is C21H18N2O3. The van der Waals surface area contributed by atoms with Crippen molar-refractivity contribution >= 4 is 0 Å². The van der Waals surface area contributed by atoms with Gasteiger partial charge in [0.05, 0.1) is 14.2 Å². The third kappa shape index (κ3) is 2.95. The quantitative estimate of drug-likeness (QED) is 0.520. The maximum Gasteiger partial charge on any atom is 0.167 e. The Balaban J connectivity index is 1.62. The van der Waals surface area contributed by atoms with Crippen LogP contribution < -0.4 is 9.47 Å². The van der Waals surface area contributed by atoms with Crippen LogP contribution in [0.25, 0.3) is 28.3 Å². The summed E-state index contributed by atoms with van der Waals surface area (Å²) in [5, 5.41) is 4.19. The van der Waals surface area contributed by atoms with E-state index < -0.39 is 0 Å². The Morgan fingerprint density at radius 2 is 1.50 bits per heavy atom. The second-order valence-electron chi connectivity index (χ2n) is 5.78. The standard InChI is InChI=1S/C21H18N2O3/c1-24-19-10-7-16(13-21(19)25-2)18-14-20(26-22-18)15-5-8-17(9-6-15)23-11-3-4-12-23/h3-14H,1-2H3. The number of nitrogens with zero attached hydrogens (tertiary/aromatic N) is 2. The normalized spacial score (nSPS) is 10.7. The molecule has 0 unspecified atom stereocenters. The van der Waals surface area contributed by atoms with Gasteiger partial charge in [-0.25, -0.2) is 0 Å². The van der Waals surface area contributed by atoms with E-state index in [9.17, 15) is 0 Å². The Kier molecular flexibility index (Phi) is 4.19. The van der Waals surface area contributed by atoms with E-state index in [1.807, 2.05) is 73.1 Å². The zero-order valence-electron chi connectivity index (χ0n) is 14.5. The largest absolute Gasteiger partial charge is 0.493 e. The average molecular weight is 346 g/mol. The Hall–Kier alpha value is -3.47. The minimum Gasteiger partial charge on any atom is -0.493 e. The second-order valence-corrected chi connectivity index (χ2v) is 5.78. The van der Waals surface area contributed by atoms with Crippen LogP contribution in [-0.4, -0.2) is 23.9 Å². The van der Waals surface area contributed by atoms with E-state index in [2.05, 4.69) is 9.72 Å². The molecule has 0 saturated carbocycles. The molecule has 2 heterocycles. The van der Waals surface area contributed by atoms with E-state index in [0.29, 0.717) is 17.3 Å². The summed E-state index contributed by atoms with van der Waals surface area (Å²) in [5.41, 5.74) is 3.72. The van der Waals surface area contributed by atoms with E-state index in [4.69, 9.17) is 14.0 Å². The summed E-state index contributed by atoms with van der Waals surface area (Å²) >= 11 is 0. The summed E-state index contributed by atoms with van der Waals surface area (Å²) in [4.78, 5) is 0. The van der Waals surface area contributed by atoms with Crippen molar-refractivity contribution in [1.82, 2.24) is 9.72 Å². The van der Waals surface area contributed by atoms with E-state index in [0.717, 1.165) is 22.5 Å². The van der Waals surface area contributed by atoms with E-state index in [1.165, 1.54) is 0 Å². The van der Waals surface area contributed by atoms with Gasteiger partial charge in [-0.3, -0.25) is 0 Å². The van der Waals surface area contributed by atoms with Crippen molar-refractivity contribution < 1.29 is 14.0 Å². The molecule has 0 aliphatic rings. The fraction of sp³-hybridized carbons (Fsp3) is 0.0952. The van der Waals surface area contributed by atoms with Gasteiger partial charge in [-0.2, -0.15) is 0 Å². The molecule has 0 aliphatic heterocycles. The lowest BCUT2D eigenvalue weighted by Gasteiger charge is -2.07. The van der Waals surface area contributed by atoms with Crippen molar-refractivity contribution in [3.63, 3.8) is 0 Å². The maximum absolute atomic E-state index is 5.54. The van der Waals surface area contributed by atoms with Crippen LogP contribution in [0.5, 0.6) is 11.5 Å². The highest BCUT2D eigenvalue weighted by molar-refractivity contribution is 5.69. The number of aromatic nitrogens is 2. The first kappa shape index (κ1) is 16.0. The molecular weight excluding hydrogens is 328 g/mol. The Morgan fingerprint density at radius 1 is 0.808 bits per heavy atom. The van der Waals surface area contributed by atoms with Crippen molar-refractivity contribution in [1.29, 1.82) is 0 Å². The molecule has 0 bridgehead atoms. The highest BCUT2D eigenvalue weighted by Gasteiger charge is 2.12. The molecule has 0 spiro atoms. The molecule has 0 N–H and O–H groups in total. The molecule has 2 aromatic heterocycles. The predicted molar refractivity (Wildman–Crippen MR) is 99.8 cm³/mol. The summed E-state index contributed by atoms with van der Waals surface area (Å²) in [6.07, 6.45) is 4.03. The van der Waals surface area contributed by atoms with Gasteiger partial charge in [0.1, 0.15) is 5.69 Å².